The monoisotopic (exact) mass is 256 g/mol. The molecule has 0 amide bonds. The van der Waals surface area contributed by atoms with Gasteiger partial charge in [0.2, 0.25) is 0 Å². The van der Waals surface area contributed by atoms with Gasteiger partial charge in [0.25, 0.3) is 0 Å². The largest absolute Gasteiger partial charge is 0.381 e. The molecular weight excluding hydrogens is 224 g/mol. The maximum absolute atomic E-state index is 5.57. The normalized spacial score (nSPS) is 24.2. The smallest absolute Gasteiger partial charge is 0.0506 e. The third-order valence-corrected chi connectivity index (χ3v) is 4.17. The van der Waals surface area contributed by atoms with Crippen LogP contribution in [0.4, 0.5) is 0 Å². The lowest BCUT2D eigenvalue weighted by atomic mass is 9.99. The number of ether oxygens (including phenoxy) is 1. The van der Waals surface area contributed by atoms with E-state index in [4.69, 9.17) is 4.74 Å². The van der Waals surface area contributed by atoms with Crippen molar-refractivity contribution in [1.82, 2.24) is 10.2 Å². The maximum Gasteiger partial charge on any atom is 0.0506 e. The molecule has 0 aliphatic carbocycles. The summed E-state index contributed by atoms with van der Waals surface area (Å²) in [5.41, 5.74) is 0. The Morgan fingerprint density at radius 1 is 1.39 bits per heavy atom. The molecule has 0 radical (unpaired) electrons. The van der Waals surface area contributed by atoms with Gasteiger partial charge in [0, 0.05) is 25.2 Å². The van der Waals surface area contributed by atoms with Crippen molar-refractivity contribution in [3.8, 4) is 0 Å². The van der Waals surface area contributed by atoms with Crippen molar-refractivity contribution in [1.29, 1.82) is 0 Å². The standard InChI is InChI=1S/C15H32N2O/c1-5-9-16-15(6-2)13(3)17(4)11-14-8-7-10-18-12-14/h13-16H,5-12H2,1-4H3. The topological polar surface area (TPSA) is 24.5 Å². The molecule has 1 aliphatic heterocycles. The van der Waals surface area contributed by atoms with E-state index in [2.05, 4.69) is 38.0 Å². The third-order valence-electron chi connectivity index (χ3n) is 4.17. The van der Waals surface area contributed by atoms with Crippen LogP contribution < -0.4 is 5.32 Å². The van der Waals surface area contributed by atoms with Gasteiger partial charge < -0.3 is 15.0 Å². The zero-order valence-electron chi connectivity index (χ0n) is 12.7. The molecule has 1 saturated heterocycles. The van der Waals surface area contributed by atoms with Gasteiger partial charge in [0.15, 0.2) is 0 Å². The second-order valence-corrected chi connectivity index (χ2v) is 5.73. The summed E-state index contributed by atoms with van der Waals surface area (Å²) in [6.07, 6.45) is 4.98. The second-order valence-electron chi connectivity index (χ2n) is 5.73. The Hall–Kier alpha value is -0.120. The van der Waals surface area contributed by atoms with Gasteiger partial charge >= 0.3 is 0 Å². The van der Waals surface area contributed by atoms with E-state index in [9.17, 15) is 0 Å². The number of likely N-dealkylation sites (N-methyl/N-ethyl adjacent to an activating group) is 1. The summed E-state index contributed by atoms with van der Waals surface area (Å²) in [6.45, 7) is 11.1. The van der Waals surface area contributed by atoms with E-state index < -0.39 is 0 Å². The molecule has 108 valence electrons. The zero-order valence-corrected chi connectivity index (χ0v) is 12.7. The van der Waals surface area contributed by atoms with Crippen molar-refractivity contribution >= 4 is 0 Å². The van der Waals surface area contributed by atoms with E-state index in [1.807, 2.05) is 0 Å². The number of hydrogen-bond donors (Lipinski definition) is 1. The molecule has 0 aromatic rings. The minimum atomic E-state index is 0.600. The van der Waals surface area contributed by atoms with Gasteiger partial charge in [-0.2, -0.15) is 0 Å². The molecule has 3 heteroatoms. The maximum atomic E-state index is 5.57. The van der Waals surface area contributed by atoms with Crippen LogP contribution >= 0.6 is 0 Å². The molecule has 1 fully saturated rings. The van der Waals surface area contributed by atoms with Gasteiger partial charge in [-0.3, -0.25) is 0 Å². The predicted octanol–water partition coefficient (Wildman–Crippen LogP) is 2.51. The van der Waals surface area contributed by atoms with E-state index in [0.29, 0.717) is 12.1 Å². The summed E-state index contributed by atoms with van der Waals surface area (Å²) in [5.74, 6) is 0.731. The molecule has 0 aromatic carbocycles. The van der Waals surface area contributed by atoms with Crippen LogP contribution in [0.25, 0.3) is 0 Å². The lowest BCUT2D eigenvalue weighted by molar-refractivity contribution is 0.0344. The van der Waals surface area contributed by atoms with E-state index in [1.165, 1.54) is 32.2 Å². The van der Waals surface area contributed by atoms with Crippen molar-refractivity contribution in [2.24, 2.45) is 5.92 Å². The predicted molar refractivity (Wildman–Crippen MR) is 78.0 cm³/mol. The van der Waals surface area contributed by atoms with Crippen LogP contribution in [0.3, 0.4) is 0 Å². The Kier molecular flexibility index (Phi) is 7.87. The Morgan fingerprint density at radius 2 is 2.17 bits per heavy atom. The molecule has 0 bridgehead atoms. The fourth-order valence-electron chi connectivity index (χ4n) is 2.82. The van der Waals surface area contributed by atoms with Crippen molar-refractivity contribution < 1.29 is 4.74 Å². The van der Waals surface area contributed by atoms with Crippen molar-refractivity contribution in [3.63, 3.8) is 0 Å². The quantitative estimate of drug-likeness (QED) is 0.722. The third kappa shape index (κ3) is 5.25. The second kappa shape index (κ2) is 8.89. The average Bonchev–Trinajstić information content (AvgIpc) is 2.40. The van der Waals surface area contributed by atoms with E-state index in [-0.39, 0.29) is 0 Å². The van der Waals surface area contributed by atoms with Crippen LogP contribution in [0.1, 0.15) is 46.5 Å². The molecule has 0 saturated carbocycles. The van der Waals surface area contributed by atoms with Gasteiger partial charge in [-0.05, 0) is 52.1 Å². The zero-order chi connectivity index (χ0) is 13.4. The van der Waals surface area contributed by atoms with Crippen molar-refractivity contribution in [3.05, 3.63) is 0 Å². The molecule has 1 rings (SSSR count). The molecule has 18 heavy (non-hydrogen) atoms. The van der Waals surface area contributed by atoms with Gasteiger partial charge in [0.05, 0.1) is 6.61 Å². The van der Waals surface area contributed by atoms with Crippen LogP contribution in [0, 0.1) is 5.92 Å². The molecule has 0 spiro atoms. The summed E-state index contributed by atoms with van der Waals surface area (Å²) in [5, 5.41) is 3.66. The summed E-state index contributed by atoms with van der Waals surface area (Å²) >= 11 is 0. The van der Waals surface area contributed by atoms with Gasteiger partial charge in [-0.15, -0.1) is 0 Å². The summed E-state index contributed by atoms with van der Waals surface area (Å²) in [4.78, 5) is 2.51. The Labute approximate surface area is 113 Å². The molecule has 3 atom stereocenters. The highest BCUT2D eigenvalue weighted by Crippen LogP contribution is 2.16. The van der Waals surface area contributed by atoms with Gasteiger partial charge in [0.1, 0.15) is 0 Å². The van der Waals surface area contributed by atoms with Crippen molar-refractivity contribution in [2.45, 2.75) is 58.5 Å². The fourth-order valence-corrected chi connectivity index (χ4v) is 2.82. The lowest BCUT2D eigenvalue weighted by Gasteiger charge is -2.35. The summed E-state index contributed by atoms with van der Waals surface area (Å²) < 4.78 is 5.57. The molecule has 1 N–H and O–H groups in total. The molecule has 3 unspecified atom stereocenters. The lowest BCUT2D eigenvalue weighted by Crippen LogP contribution is -2.48. The molecule has 1 heterocycles. The number of rotatable bonds is 8. The first-order valence-corrected chi connectivity index (χ1v) is 7.70. The first kappa shape index (κ1) is 15.9. The first-order valence-electron chi connectivity index (χ1n) is 7.70. The highest BCUT2D eigenvalue weighted by molar-refractivity contribution is 4.80. The Balaban J connectivity index is 2.34. The number of nitrogens with zero attached hydrogens (tertiary/aromatic N) is 1. The number of nitrogens with one attached hydrogen (secondary N) is 1. The highest BCUT2D eigenvalue weighted by Gasteiger charge is 2.22. The minimum absolute atomic E-state index is 0.600. The molecular formula is C15H32N2O. The SMILES string of the molecule is CCCNC(CC)C(C)N(C)CC1CCCOC1. The van der Waals surface area contributed by atoms with Gasteiger partial charge in [-0.25, -0.2) is 0 Å². The van der Waals surface area contributed by atoms with Gasteiger partial charge in [-0.1, -0.05) is 13.8 Å². The van der Waals surface area contributed by atoms with E-state index >= 15 is 0 Å². The molecule has 0 aromatic heterocycles. The van der Waals surface area contributed by atoms with Crippen LogP contribution in [0.15, 0.2) is 0 Å². The minimum Gasteiger partial charge on any atom is -0.381 e. The van der Waals surface area contributed by atoms with Crippen LogP contribution in [0.2, 0.25) is 0 Å². The summed E-state index contributed by atoms with van der Waals surface area (Å²) in [7, 11) is 2.26. The van der Waals surface area contributed by atoms with Crippen molar-refractivity contribution in [2.75, 3.05) is 33.4 Å². The Bertz CT molecular complexity index is 205. The first-order chi connectivity index (χ1) is 8.69. The Morgan fingerprint density at radius 3 is 2.72 bits per heavy atom. The van der Waals surface area contributed by atoms with Crippen LogP contribution in [0.5, 0.6) is 0 Å². The molecule has 1 aliphatic rings. The molecule has 3 nitrogen and oxygen atoms in total. The number of hydrogen-bond acceptors (Lipinski definition) is 3. The van der Waals surface area contributed by atoms with Crippen LogP contribution in [-0.4, -0.2) is 50.3 Å². The fraction of sp³-hybridized carbons (Fsp3) is 1.00. The summed E-state index contributed by atoms with van der Waals surface area (Å²) in [6, 6.07) is 1.21. The van der Waals surface area contributed by atoms with Crippen LogP contribution in [-0.2, 0) is 4.74 Å². The van der Waals surface area contributed by atoms with E-state index in [1.54, 1.807) is 0 Å². The highest BCUT2D eigenvalue weighted by atomic mass is 16.5. The van der Waals surface area contributed by atoms with E-state index in [0.717, 1.165) is 25.7 Å². The average molecular weight is 256 g/mol.